The van der Waals surface area contributed by atoms with Crippen LogP contribution in [0, 0.1) is 17.0 Å². The summed E-state index contributed by atoms with van der Waals surface area (Å²) >= 11 is 0. The third-order valence-electron chi connectivity index (χ3n) is 12.6. The quantitative estimate of drug-likeness (QED) is 0.0145. The number of imide groups is 1. The fraction of sp³-hybridized carbons (Fsp3) is 0.434. The monoisotopic (exact) mass is 997 g/mol. The number of hydrogen-bond donors (Lipinski definition) is 1. The molecule has 0 aliphatic carbocycles. The van der Waals surface area contributed by atoms with Gasteiger partial charge in [-0.05, 0) is 81.1 Å². The van der Waals surface area contributed by atoms with Gasteiger partial charge in [-0.1, -0.05) is 61.9 Å². The number of carbonyl (C=O) groups excluding carboxylic acids is 3. The summed E-state index contributed by atoms with van der Waals surface area (Å²) in [6.07, 6.45) is 15.9. The zero-order valence-corrected chi connectivity index (χ0v) is 42.0. The van der Waals surface area contributed by atoms with Gasteiger partial charge in [0.1, 0.15) is 6.54 Å². The van der Waals surface area contributed by atoms with Gasteiger partial charge in [-0.3, -0.25) is 24.3 Å². The molecule has 1 fully saturated rings. The van der Waals surface area contributed by atoms with Crippen molar-refractivity contribution < 1.29 is 60.6 Å². The molecule has 380 valence electrons. The van der Waals surface area contributed by atoms with E-state index >= 15 is 0 Å². The molecule has 0 atom stereocenters. The minimum absolute atomic E-state index is 0.0326. The third-order valence-corrected chi connectivity index (χ3v) is 13.5. The molecule has 3 aliphatic rings. The molecule has 3 aromatic rings. The highest BCUT2D eigenvalue weighted by Gasteiger charge is 2.45. The van der Waals surface area contributed by atoms with Crippen LogP contribution in [-0.4, -0.2) is 110 Å². The largest absolute Gasteiger partial charge is 0.377 e. The van der Waals surface area contributed by atoms with Gasteiger partial charge >= 0.3 is 5.97 Å². The number of hydroxylamine groups is 2. The average Bonchev–Trinajstić information content (AvgIpc) is 3.83. The fourth-order valence-electron chi connectivity index (χ4n) is 8.81. The first-order valence-electron chi connectivity index (χ1n) is 23.9. The Morgan fingerprint density at radius 1 is 0.775 bits per heavy atom. The first kappa shape index (κ1) is 54.2. The number of fused-ring (bicyclic) bond motifs is 2. The molecule has 3 aliphatic heterocycles. The molecule has 0 spiro atoms. The number of ether oxygens (including phenoxy) is 4. The first-order chi connectivity index (χ1) is 33.9. The van der Waals surface area contributed by atoms with Gasteiger partial charge in [0.25, 0.3) is 27.6 Å². The Bertz CT molecular complexity index is 2670. The lowest BCUT2D eigenvalue weighted by Crippen LogP contribution is -2.31. The van der Waals surface area contributed by atoms with Crippen molar-refractivity contribution in [2.45, 2.75) is 95.5 Å². The van der Waals surface area contributed by atoms with E-state index in [0.717, 1.165) is 33.9 Å². The number of aryl methyl sites for hydroxylation is 1. The minimum atomic E-state index is -4.43. The normalized spacial score (nSPS) is 17.0. The number of anilines is 1. The second kappa shape index (κ2) is 24.8. The molecule has 1 saturated heterocycles. The molecule has 71 heavy (non-hydrogen) atoms. The van der Waals surface area contributed by atoms with Crippen LogP contribution in [0.2, 0.25) is 0 Å². The van der Waals surface area contributed by atoms with Crippen molar-refractivity contribution in [1.29, 1.82) is 0 Å². The smallest absolute Gasteiger partial charge is 0.333 e. The van der Waals surface area contributed by atoms with Crippen LogP contribution in [-0.2, 0) is 65.7 Å². The fourth-order valence-corrected chi connectivity index (χ4v) is 9.32. The van der Waals surface area contributed by atoms with E-state index in [1.807, 2.05) is 50.3 Å². The van der Waals surface area contributed by atoms with Gasteiger partial charge in [0.05, 0.1) is 68.1 Å². The molecule has 0 radical (unpaired) electrons. The van der Waals surface area contributed by atoms with Crippen LogP contribution in [0.3, 0.4) is 0 Å². The van der Waals surface area contributed by atoms with Crippen molar-refractivity contribution in [2.24, 2.45) is 0 Å². The molecule has 0 bridgehead atoms. The molecule has 2 amide bonds. The van der Waals surface area contributed by atoms with Crippen LogP contribution in [0.15, 0.2) is 114 Å². The zero-order chi connectivity index (χ0) is 51.2. The Labute approximate surface area is 415 Å². The second-order valence-corrected chi connectivity index (χ2v) is 19.9. The van der Waals surface area contributed by atoms with E-state index in [1.54, 1.807) is 18.2 Å². The number of nitrogens with zero attached hydrogens (tertiary/aromatic N) is 4. The highest BCUT2D eigenvalue weighted by atomic mass is 32.2. The molecule has 6 rings (SSSR count). The number of benzene rings is 3. The second-order valence-electron chi connectivity index (χ2n) is 18.5. The van der Waals surface area contributed by atoms with Gasteiger partial charge in [-0.2, -0.15) is 13.0 Å². The zero-order valence-electron chi connectivity index (χ0n) is 41.2. The van der Waals surface area contributed by atoms with Crippen LogP contribution in [0.5, 0.6) is 0 Å². The van der Waals surface area contributed by atoms with Crippen molar-refractivity contribution in [1.82, 2.24) is 5.06 Å². The Morgan fingerprint density at radius 3 is 2.07 bits per heavy atom. The van der Waals surface area contributed by atoms with Gasteiger partial charge in [-0.25, -0.2) is 4.79 Å². The van der Waals surface area contributed by atoms with Gasteiger partial charge in [-0.15, -0.1) is 5.06 Å². The SMILES string of the molecule is Cc1ccc2c(c1)C(C)(C)C(=CC=CC=CC=CC1=[N+](CCCCCC(=O)ON3C(=O)CCC3=O)c3ccc(S(=O)(=O)O)cc3C1(C)C)N2CCOCCOCCOCCOCc1ccc([N+](=O)[O-])cc1. The van der Waals surface area contributed by atoms with Crippen LogP contribution >= 0.6 is 0 Å². The molecule has 17 nitrogen and oxygen atoms in total. The van der Waals surface area contributed by atoms with Crippen LogP contribution < -0.4 is 4.90 Å². The lowest BCUT2D eigenvalue weighted by atomic mass is 9.81. The predicted molar refractivity (Wildman–Crippen MR) is 267 cm³/mol. The lowest BCUT2D eigenvalue weighted by molar-refractivity contribution is -0.438. The van der Waals surface area contributed by atoms with Gasteiger partial charge < -0.3 is 28.7 Å². The molecule has 3 heterocycles. The maximum absolute atomic E-state index is 12.4. The van der Waals surface area contributed by atoms with E-state index < -0.39 is 38.2 Å². The highest BCUT2D eigenvalue weighted by molar-refractivity contribution is 7.85. The van der Waals surface area contributed by atoms with Gasteiger partial charge in [0.2, 0.25) is 5.69 Å². The van der Waals surface area contributed by atoms with E-state index in [1.165, 1.54) is 35.4 Å². The first-order valence-corrected chi connectivity index (χ1v) is 25.3. The van der Waals surface area contributed by atoms with Crippen LogP contribution in [0.25, 0.3) is 0 Å². The van der Waals surface area contributed by atoms with E-state index in [2.05, 4.69) is 54.5 Å². The van der Waals surface area contributed by atoms with E-state index in [-0.39, 0.29) is 35.3 Å². The summed E-state index contributed by atoms with van der Waals surface area (Å²) in [5, 5.41) is 11.4. The summed E-state index contributed by atoms with van der Waals surface area (Å²) in [5.41, 5.74) is 7.25. The van der Waals surface area contributed by atoms with Crippen molar-refractivity contribution in [3.8, 4) is 0 Å². The highest BCUT2D eigenvalue weighted by Crippen LogP contribution is 2.48. The summed E-state index contributed by atoms with van der Waals surface area (Å²) in [5.74, 6) is -1.67. The Kier molecular flexibility index (Phi) is 18.9. The standard InChI is InChI=1S/C53H64N4O13S/c1-39-17-23-45-43(36-39)52(2,3)48(55(45)28-29-66-30-31-67-32-33-68-34-35-69-38-40-18-20-41(21-19-40)57(61)62)15-11-8-6-7-10-14-47-53(4,5)44-37-42(71(63,64)65)22-24-46(44)54(47)27-13-9-12-16-51(60)70-56-49(58)25-26-50(56)59/h6-8,10-11,14-15,17-24,36-37H,9,12-13,16,25-35,38H2,1-5H3/p+1. The topological polar surface area (TPSA) is 204 Å². The number of non-ortho nitro benzene ring substituents is 1. The number of allylic oxidation sites excluding steroid dienone is 8. The molecule has 0 saturated carbocycles. The number of hydrogen-bond acceptors (Lipinski definition) is 13. The minimum Gasteiger partial charge on any atom is -0.377 e. The summed E-state index contributed by atoms with van der Waals surface area (Å²) in [4.78, 5) is 53.5. The van der Waals surface area contributed by atoms with Crippen LogP contribution in [0.4, 0.5) is 17.1 Å². The van der Waals surface area contributed by atoms with Crippen molar-refractivity contribution in [3.63, 3.8) is 0 Å². The number of rotatable bonds is 27. The van der Waals surface area contributed by atoms with Gasteiger partial charge in [0.15, 0.2) is 5.71 Å². The number of carbonyl (C=O) groups is 3. The van der Waals surface area contributed by atoms with Crippen LogP contribution in [0.1, 0.15) is 88.5 Å². The number of nitro groups is 1. The molecule has 1 N–H and O–H groups in total. The maximum Gasteiger partial charge on any atom is 0.333 e. The Morgan fingerprint density at radius 2 is 1.41 bits per heavy atom. The van der Waals surface area contributed by atoms with Crippen molar-refractivity contribution >= 4 is 50.7 Å². The van der Waals surface area contributed by atoms with E-state index in [9.17, 15) is 37.5 Å². The molecule has 0 aromatic heterocycles. The molecular formula is C53H65N4O13S+. The summed E-state index contributed by atoms with van der Waals surface area (Å²) in [6, 6.07) is 17.4. The lowest BCUT2D eigenvalue weighted by Gasteiger charge is -2.27. The third kappa shape index (κ3) is 14.3. The van der Waals surface area contributed by atoms with E-state index in [0.29, 0.717) is 90.3 Å². The Balaban J connectivity index is 0.996. The molecule has 18 heteroatoms. The number of nitro benzene ring substituents is 1. The maximum atomic E-state index is 12.4. The van der Waals surface area contributed by atoms with Gasteiger partial charge in [0, 0.05) is 78.9 Å². The number of unbranched alkanes of at least 4 members (excludes halogenated alkanes) is 2. The number of amides is 2. The molecule has 0 unspecified atom stereocenters. The van der Waals surface area contributed by atoms with Crippen molar-refractivity contribution in [3.05, 3.63) is 141 Å². The molecule has 3 aromatic carbocycles. The Hall–Kier alpha value is -6.15. The summed E-state index contributed by atoms with van der Waals surface area (Å²) in [7, 11) is -4.43. The molecular weight excluding hydrogens is 933 g/mol. The predicted octanol–water partition coefficient (Wildman–Crippen LogP) is 8.31. The van der Waals surface area contributed by atoms with E-state index in [4.69, 9.17) is 23.8 Å². The summed E-state index contributed by atoms with van der Waals surface area (Å²) in [6.45, 7) is 15.1. The van der Waals surface area contributed by atoms with Crippen molar-refractivity contribution in [2.75, 3.05) is 64.2 Å². The summed E-state index contributed by atoms with van der Waals surface area (Å²) < 4.78 is 59.1. The average molecular weight is 998 g/mol.